The molecule has 0 saturated carbocycles. The highest BCUT2D eigenvalue weighted by atomic mass is 32.1. The van der Waals surface area contributed by atoms with Crippen LogP contribution in [-0.2, 0) is 12.8 Å². The first kappa shape index (κ1) is 20.9. The molecule has 0 radical (unpaired) electrons. The molecule has 2 aromatic carbocycles. The topological polar surface area (TPSA) is 88.3 Å². The zero-order chi connectivity index (χ0) is 22.9. The average Bonchev–Trinajstić information content (AvgIpc) is 3.61. The summed E-state index contributed by atoms with van der Waals surface area (Å²) in [6.07, 6.45) is 4.38. The molecule has 7 nitrogen and oxygen atoms in total. The van der Waals surface area contributed by atoms with Crippen molar-refractivity contribution in [2.24, 2.45) is 10.2 Å². The fraction of sp³-hybridized carbons (Fsp3) is 0.160. The van der Waals surface area contributed by atoms with Gasteiger partial charge in [0.2, 0.25) is 10.3 Å². The number of aromatic nitrogens is 4. The van der Waals surface area contributed by atoms with E-state index in [4.69, 9.17) is 0 Å². The van der Waals surface area contributed by atoms with Crippen molar-refractivity contribution in [1.82, 2.24) is 19.7 Å². The molecule has 9 heteroatoms. The standard InChI is InChI=1S/C25H20N6OS2/c32-23-22(28-29-24-26-18-13-7-8-14-20(18)34-24)21(17-11-5-2-6-12-17)30-31(23)25-27-19(15-33-25)16-9-3-1-4-10-16/h1-6,9-12,15,30H,7-8,13-14H2. The van der Waals surface area contributed by atoms with Crippen molar-refractivity contribution in [3.05, 3.63) is 87.0 Å². The van der Waals surface area contributed by atoms with E-state index in [1.54, 1.807) is 11.3 Å². The second-order valence-electron chi connectivity index (χ2n) is 8.00. The Bertz CT molecular complexity index is 1510. The Kier molecular flexibility index (Phi) is 5.48. The van der Waals surface area contributed by atoms with Gasteiger partial charge in [-0.15, -0.1) is 21.6 Å². The van der Waals surface area contributed by atoms with E-state index in [0.29, 0.717) is 16.0 Å². The van der Waals surface area contributed by atoms with Crippen LogP contribution in [0.1, 0.15) is 23.4 Å². The smallest absolute Gasteiger partial charge is 0.286 e. The maximum Gasteiger partial charge on any atom is 0.301 e. The third kappa shape index (κ3) is 3.93. The fourth-order valence-electron chi connectivity index (χ4n) is 4.04. The molecule has 168 valence electrons. The lowest BCUT2D eigenvalue weighted by Crippen LogP contribution is -2.13. The monoisotopic (exact) mass is 484 g/mol. The van der Waals surface area contributed by atoms with Crippen LogP contribution in [0.3, 0.4) is 0 Å². The van der Waals surface area contributed by atoms with Gasteiger partial charge in [-0.25, -0.2) is 9.97 Å². The third-order valence-corrected chi connectivity index (χ3v) is 7.62. The van der Waals surface area contributed by atoms with Gasteiger partial charge in [0.15, 0.2) is 5.69 Å². The second-order valence-corrected chi connectivity index (χ2v) is 9.90. The average molecular weight is 485 g/mol. The van der Waals surface area contributed by atoms with Gasteiger partial charge < -0.3 is 0 Å². The Labute approximate surface area is 203 Å². The van der Waals surface area contributed by atoms with Gasteiger partial charge in [0.25, 0.3) is 0 Å². The molecular weight excluding hydrogens is 464 g/mol. The van der Waals surface area contributed by atoms with Crippen LogP contribution < -0.4 is 5.56 Å². The van der Waals surface area contributed by atoms with Crippen molar-refractivity contribution in [3.63, 3.8) is 0 Å². The van der Waals surface area contributed by atoms with Crippen LogP contribution in [0.25, 0.3) is 27.6 Å². The van der Waals surface area contributed by atoms with Crippen molar-refractivity contribution < 1.29 is 0 Å². The number of aromatic amines is 1. The highest BCUT2D eigenvalue weighted by Crippen LogP contribution is 2.34. The lowest BCUT2D eigenvalue weighted by Gasteiger charge is -2.06. The number of aryl methyl sites for hydroxylation is 2. The molecule has 3 heterocycles. The molecule has 0 amide bonds. The van der Waals surface area contributed by atoms with Gasteiger partial charge in [0.1, 0.15) is 0 Å². The van der Waals surface area contributed by atoms with Crippen molar-refractivity contribution in [1.29, 1.82) is 0 Å². The Balaban J connectivity index is 1.42. The molecule has 0 aliphatic heterocycles. The van der Waals surface area contributed by atoms with Crippen LogP contribution in [0.15, 0.2) is 81.1 Å². The summed E-state index contributed by atoms with van der Waals surface area (Å²) in [7, 11) is 0. The second kappa shape index (κ2) is 8.92. The van der Waals surface area contributed by atoms with Gasteiger partial charge in [0, 0.05) is 21.4 Å². The summed E-state index contributed by atoms with van der Waals surface area (Å²) >= 11 is 2.96. The molecule has 1 aliphatic carbocycles. The van der Waals surface area contributed by atoms with Crippen molar-refractivity contribution in [3.8, 4) is 27.6 Å². The van der Waals surface area contributed by atoms with Gasteiger partial charge in [-0.3, -0.25) is 9.89 Å². The van der Waals surface area contributed by atoms with Crippen molar-refractivity contribution in [2.75, 3.05) is 0 Å². The number of hydrogen-bond acceptors (Lipinski definition) is 7. The molecular formula is C25H20N6OS2. The molecule has 1 aliphatic rings. The number of H-pyrrole nitrogens is 1. The number of azo groups is 1. The molecule has 0 fully saturated rings. The van der Waals surface area contributed by atoms with Crippen LogP contribution in [0.2, 0.25) is 0 Å². The molecule has 0 unspecified atom stereocenters. The number of hydrogen-bond donors (Lipinski definition) is 1. The minimum Gasteiger partial charge on any atom is -0.286 e. The molecule has 0 atom stereocenters. The van der Waals surface area contributed by atoms with Crippen LogP contribution in [0.5, 0.6) is 0 Å². The lowest BCUT2D eigenvalue weighted by molar-refractivity contribution is 0.682. The SMILES string of the molecule is O=c1c(N=Nc2nc3c(s2)CCCC3)c(-c2ccccc2)[nH]n1-c1nc(-c2ccccc2)cs1. The molecule has 0 spiro atoms. The first-order valence-electron chi connectivity index (χ1n) is 11.1. The largest absolute Gasteiger partial charge is 0.301 e. The number of nitrogens with zero attached hydrogens (tertiary/aromatic N) is 5. The van der Waals surface area contributed by atoms with Gasteiger partial charge in [-0.2, -0.15) is 4.68 Å². The Morgan fingerprint density at radius 1 is 0.882 bits per heavy atom. The molecule has 3 aromatic heterocycles. The summed E-state index contributed by atoms with van der Waals surface area (Å²) in [6, 6.07) is 19.6. The summed E-state index contributed by atoms with van der Waals surface area (Å²) in [5.41, 5.74) is 4.35. The van der Waals surface area contributed by atoms with Crippen LogP contribution in [-0.4, -0.2) is 19.7 Å². The number of benzene rings is 2. The summed E-state index contributed by atoms with van der Waals surface area (Å²) in [5, 5.41) is 15.1. The maximum atomic E-state index is 13.5. The summed E-state index contributed by atoms with van der Waals surface area (Å²) in [4.78, 5) is 24.1. The zero-order valence-electron chi connectivity index (χ0n) is 18.1. The normalized spacial score (nSPS) is 13.4. The van der Waals surface area contributed by atoms with Crippen LogP contribution in [0, 0.1) is 0 Å². The van der Waals surface area contributed by atoms with Gasteiger partial charge in [-0.1, -0.05) is 72.0 Å². The minimum absolute atomic E-state index is 0.246. The van der Waals surface area contributed by atoms with Crippen LogP contribution in [0.4, 0.5) is 10.8 Å². The van der Waals surface area contributed by atoms with E-state index in [-0.39, 0.29) is 11.2 Å². The van der Waals surface area contributed by atoms with Gasteiger partial charge in [-0.05, 0) is 25.7 Å². The van der Waals surface area contributed by atoms with Gasteiger partial charge >= 0.3 is 5.56 Å². The Hall–Kier alpha value is -3.69. The minimum atomic E-state index is -0.294. The summed E-state index contributed by atoms with van der Waals surface area (Å²) < 4.78 is 1.45. The van der Waals surface area contributed by atoms with Crippen molar-refractivity contribution in [2.45, 2.75) is 25.7 Å². The quantitative estimate of drug-likeness (QED) is 0.281. The maximum absolute atomic E-state index is 13.5. The van der Waals surface area contributed by atoms with E-state index in [1.807, 2.05) is 66.0 Å². The van der Waals surface area contributed by atoms with Crippen LogP contribution >= 0.6 is 22.7 Å². The predicted octanol–water partition coefficient (Wildman–Crippen LogP) is 6.71. The van der Waals surface area contributed by atoms with E-state index in [0.717, 1.165) is 41.8 Å². The predicted molar refractivity (Wildman–Crippen MR) is 136 cm³/mol. The molecule has 0 bridgehead atoms. The van der Waals surface area contributed by atoms with Crippen molar-refractivity contribution >= 4 is 33.5 Å². The molecule has 1 N–H and O–H groups in total. The van der Waals surface area contributed by atoms with E-state index in [2.05, 4.69) is 25.3 Å². The highest BCUT2D eigenvalue weighted by Gasteiger charge is 2.20. The molecule has 6 rings (SSSR count). The zero-order valence-corrected chi connectivity index (χ0v) is 19.8. The first-order valence-corrected chi connectivity index (χ1v) is 12.8. The molecule has 5 aromatic rings. The number of fused-ring (bicyclic) bond motifs is 1. The van der Waals surface area contributed by atoms with E-state index in [1.165, 1.54) is 27.3 Å². The Morgan fingerprint density at radius 2 is 1.62 bits per heavy atom. The van der Waals surface area contributed by atoms with Gasteiger partial charge in [0.05, 0.1) is 17.1 Å². The summed E-state index contributed by atoms with van der Waals surface area (Å²) in [5.74, 6) is 0. The van der Waals surface area contributed by atoms with E-state index in [9.17, 15) is 4.79 Å². The number of nitrogens with one attached hydrogen (secondary N) is 1. The third-order valence-electron chi connectivity index (χ3n) is 5.75. The molecule has 34 heavy (non-hydrogen) atoms. The summed E-state index contributed by atoms with van der Waals surface area (Å²) in [6.45, 7) is 0. The Morgan fingerprint density at radius 3 is 2.38 bits per heavy atom. The number of rotatable bonds is 5. The fourth-order valence-corrected chi connectivity index (χ4v) is 5.80. The first-order chi connectivity index (χ1) is 16.8. The number of thiazole rings is 2. The molecule has 0 saturated heterocycles. The highest BCUT2D eigenvalue weighted by molar-refractivity contribution is 7.15. The van der Waals surface area contributed by atoms with E-state index >= 15 is 0 Å². The van der Waals surface area contributed by atoms with E-state index < -0.39 is 0 Å². The lowest BCUT2D eigenvalue weighted by atomic mass is 10.0.